The first-order valence-electron chi connectivity index (χ1n) is 5.74. The van der Waals surface area contributed by atoms with Gasteiger partial charge in [0.2, 0.25) is 0 Å². The third-order valence-corrected chi connectivity index (χ3v) is 2.91. The van der Waals surface area contributed by atoms with Crippen LogP contribution in [0, 0.1) is 27.4 Å². The van der Waals surface area contributed by atoms with Crippen LogP contribution in [-0.4, -0.2) is 27.2 Å². The Morgan fingerprint density at radius 2 is 2.05 bits per heavy atom. The summed E-state index contributed by atoms with van der Waals surface area (Å²) in [4.78, 5) is 34.2. The topological polar surface area (TPSA) is 121 Å². The number of carbonyl (C=O) groups excluding carboxylic acids is 2. The van der Waals surface area contributed by atoms with E-state index in [1.54, 1.807) is 0 Å². The van der Waals surface area contributed by atoms with Crippen molar-refractivity contribution < 1.29 is 19.6 Å². The van der Waals surface area contributed by atoms with Crippen LogP contribution in [0.15, 0.2) is 18.2 Å². The van der Waals surface area contributed by atoms with Gasteiger partial charge in [0.15, 0.2) is 17.5 Å². The van der Waals surface area contributed by atoms with Gasteiger partial charge >= 0.3 is 0 Å². The molecule has 0 spiro atoms. The molecule has 0 aliphatic rings. The molecule has 0 saturated carbocycles. The van der Waals surface area contributed by atoms with Crippen molar-refractivity contribution >= 4 is 28.9 Å². The van der Waals surface area contributed by atoms with Gasteiger partial charge in [0.1, 0.15) is 5.60 Å². The quantitative estimate of drug-likeness (QED) is 0.383. The van der Waals surface area contributed by atoms with E-state index in [1.165, 1.54) is 12.1 Å². The Balaban J connectivity index is 3.34. The highest BCUT2D eigenvalue weighted by Gasteiger charge is 2.38. The maximum Gasteiger partial charge on any atom is 0.281 e. The highest BCUT2D eigenvalue weighted by molar-refractivity contribution is 6.31. The van der Waals surface area contributed by atoms with E-state index < -0.39 is 39.3 Å². The zero-order chi connectivity index (χ0) is 16.4. The molecular weight excluding hydrogens is 300 g/mol. The van der Waals surface area contributed by atoms with Crippen LogP contribution in [0.25, 0.3) is 0 Å². The molecule has 1 rings (SSSR count). The van der Waals surface area contributed by atoms with Gasteiger partial charge in [-0.1, -0.05) is 11.6 Å². The fourth-order valence-electron chi connectivity index (χ4n) is 1.61. The van der Waals surface area contributed by atoms with Crippen LogP contribution in [0.1, 0.15) is 24.2 Å². The van der Waals surface area contributed by atoms with Crippen LogP contribution >= 0.6 is 11.6 Å². The van der Waals surface area contributed by atoms with Crippen molar-refractivity contribution in [3.63, 3.8) is 0 Å². The van der Waals surface area contributed by atoms with Crippen molar-refractivity contribution in [2.24, 2.45) is 5.92 Å². The standard InChI is InChI=1S/C13H11ClN2O5/c1-13(2,19)12(18)9(6-15)11(17)8-4-3-7(14)5-10(8)16(20)21/h3-5,9,19H,1-2H3. The van der Waals surface area contributed by atoms with Crippen LogP contribution in [0.4, 0.5) is 5.69 Å². The molecule has 0 saturated heterocycles. The minimum atomic E-state index is -1.91. The van der Waals surface area contributed by atoms with E-state index in [0.717, 1.165) is 26.0 Å². The molecule has 1 atom stereocenters. The predicted octanol–water partition coefficient (Wildman–Crippen LogP) is 1.91. The Hall–Kier alpha value is -2.30. The molecule has 1 N–H and O–H groups in total. The molecule has 1 aromatic rings. The number of aliphatic hydroxyl groups is 1. The monoisotopic (exact) mass is 310 g/mol. The third kappa shape index (κ3) is 3.62. The zero-order valence-corrected chi connectivity index (χ0v) is 11.9. The van der Waals surface area contributed by atoms with E-state index in [1.807, 2.05) is 0 Å². The Morgan fingerprint density at radius 3 is 2.48 bits per heavy atom. The number of benzene rings is 1. The summed E-state index contributed by atoms with van der Waals surface area (Å²) in [6, 6.07) is 4.74. The van der Waals surface area contributed by atoms with Gasteiger partial charge in [-0.15, -0.1) is 0 Å². The van der Waals surface area contributed by atoms with Crippen molar-refractivity contribution in [3.8, 4) is 6.07 Å². The molecule has 110 valence electrons. The van der Waals surface area contributed by atoms with E-state index >= 15 is 0 Å². The average Bonchev–Trinajstić information content (AvgIpc) is 2.37. The van der Waals surface area contributed by atoms with Crippen molar-refractivity contribution in [2.45, 2.75) is 19.4 Å². The first kappa shape index (κ1) is 16.8. The van der Waals surface area contributed by atoms with Crippen LogP contribution in [-0.2, 0) is 4.79 Å². The normalized spacial score (nSPS) is 12.3. The summed E-state index contributed by atoms with van der Waals surface area (Å²) in [7, 11) is 0. The van der Waals surface area contributed by atoms with Crippen molar-refractivity contribution in [1.29, 1.82) is 5.26 Å². The minimum absolute atomic E-state index is 0.0422. The molecule has 0 aliphatic carbocycles. The lowest BCUT2D eigenvalue weighted by Gasteiger charge is -2.18. The lowest BCUT2D eigenvalue weighted by atomic mass is 9.86. The summed E-state index contributed by atoms with van der Waals surface area (Å²) in [6.45, 7) is 2.26. The van der Waals surface area contributed by atoms with Crippen molar-refractivity contribution in [1.82, 2.24) is 0 Å². The largest absolute Gasteiger partial charge is 0.383 e. The van der Waals surface area contributed by atoms with Gasteiger partial charge in [0.05, 0.1) is 16.6 Å². The molecule has 0 fully saturated rings. The molecule has 8 heteroatoms. The van der Waals surface area contributed by atoms with Gasteiger partial charge in [0, 0.05) is 11.1 Å². The number of nitriles is 1. The summed E-state index contributed by atoms with van der Waals surface area (Å²) < 4.78 is 0. The molecule has 0 heterocycles. The average molecular weight is 311 g/mol. The molecule has 0 amide bonds. The first-order chi connectivity index (χ1) is 9.59. The van der Waals surface area contributed by atoms with Crippen LogP contribution < -0.4 is 0 Å². The number of hydrogen-bond donors (Lipinski definition) is 1. The fraction of sp³-hybridized carbons (Fsp3) is 0.308. The second kappa shape index (κ2) is 5.99. The number of carbonyl (C=O) groups is 2. The SMILES string of the molecule is CC(C)(O)C(=O)C(C#N)C(=O)c1ccc(Cl)cc1[N+](=O)[O-]. The Labute approximate surface area is 124 Å². The summed E-state index contributed by atoms with van der Waals surface area (Å²) in [6.07, 6.45) is 0. The first-order valence-corrected chi connectivity index (χ1v) is 6.12. The smallest absolute Gasteiger partial charge is 0.281 e. The van der Waals surface area contributed by atoms with Gasteiger partial charge in [-0.3, -0.25) is 19.7 Å². The molecule has 1 aromatic carbocycles. The fourth-order valence-corrected chi connectivity index (χ4v) is 1.78. The number of ketones is 2. The Morgan fingerprint density at radius 1 is 1.48 bits per heavy atom. The lowest BCUT2D eigenvalue weighted by molar-refractivity contribution is -0.385. The molecule has 0 aliphatic heterocycles. The minimum Gasteiger partial charge on any atom is -0.383 e. The maximum atomic E-state index is 12.2. The molecule has 0 aromatic heterocycles. The van der Waals surface area contributed by atoms with Gasteiger partial charge < -0.3 is 5.11 Å². The van der Waals surface area contributed by atoms with Gasteiger partial charge in [0.25, 0.3) is 5.69 Å². The van der Waals surface area contributed by atoms with E-state index in [2.05, 4.69) is 0 Å². The summed E-state index contributed by atoms with van der Waals surface area (Å²) in [5, 5.41) is 29.6. The van der Waals surface area contributed by atoms with E-state index in [4.69, 9.17) is 16.9 Å². The number of nitro benzene ring substituents is 1. The summed E-state index contributed by atoms with van der Waals surface area (Å²) in [5.74, 6) is -3.91. The zero-order valence-electron chi connectivity index (χ0n) is 11.2. The number of hydrogen-bond acceptors (Lipinski definition) is 6. The second-order valence-electron chi connectivity index (χ2n) is 4.77. The van der Waals surface area contributed by atoms with E-state index in [9.17, 15) is 24.8 Å². The second-order valence-corrected chi connectivity index (χ2v) is 5.20. The third-order valence-electron chi connectivity index (χ3n) is 2.68. The van der Waals surface area contributed by atoms with Crippen LogP contribution in [0.2, 0.25) is 5.02 Å². The van der Waals surface area contributed by atoms with E-state index in [-0.39, 0.29) is 5.02 Å². The Bertz CT molecular complexity index is 658. The summed E-state index contributed by atoms with van der Waals surface area (Å²) in [5.41, 5.74) is -2.91. The van der Waals surface area contributed by atoms with Crippen molar-refractivity contribution in [3.05, 3.63) is 38.9 Å². The Kier molecular flexibility index (Phi) is 4.78. The molecule has 0 bridgehead atoms. The molecule has 1 unspecified atom stereocenters. The lowest BCUT2D eigenvalue weighted by Crippen LogP contribution is -2.39. The van der Waals surface area contributed by atoms with Gasteiger partial charge in [-0.2, -0.15) is 5.26 Å². The number of Topliss-reactive ketones (excluding diaryl/α,β-unsaturated/α-hetero) is 2. The number of halogens is 1. The molecular formula is C13H11ClN2O5. The van der Waals surface area contributed by atoms with Gasteiger partial charge in [-0.25, -0.2) is 0 Å². The highest BCUT2D eigenvalue weighted by Crippen LogP contribution is 2.27. The molecule has 21 heavy (non-hydrogen) atoms. The maximum absolute atomic E-state index is 12.2. The van der Waals surface area contributed by atoms with Crippen LogP contribution in [0.5, 0.6) is 0 Å². The summed E-state index contributed by atoms with van der Waals surface area (Å²) >= 11 is 5.63. The predicted molar refractivity (Wildman–Crippen MR) is 72.8 cm³/mol. The van der Waals surface area contributed by atoms with E-state index in [0.29, 0.717) is 0 Å². The number of nitro groups is 1. The van der Waals surface area contributed by atoms with Crippen LogP contribution in [0.3, 0.4) is 0 Å². The number of nitrogens with zero attached hydrogens (tertiary/aromatic N) is 2. The van der Waals surface area contributed by atoms with Gasteiger partial charge in [-0.05, 0) is 26.0 Å². The number of rotatable bonds is 5. The highest BCUT2D eigenvalue weighted by atomic mass is 35.5. The molecule has 7 nitrogen and oxygen atoms in total. The van der Waals surface area contributed by atoms with Crippen molar-refractivity contribution in [2.75, 3.05) is 0 Å². The molecule has 0 radical (unpaired) electrons.